The Hall–Kier alpha value is -2.37. The first-order chi connectivity index (χ1) is 9.08. The summed E-state index contributed by atoms with van der Waals surface area (Å²) in [7, 11) is 1.87. The zero-order valence-corrected chi connectivity index (χ0v) is 11.1. The van der Waals surface area contributed by atoms with Crippen molar-refractivity contribution in [3.63, 3.8) is 0 Å². The summed E-state index contributed by atoms with van der Waals surface area (Å²) in [6.07, 6.45) is 2.28. The molecular formula is C13H17N5O. The molecule has 0 fully saturated rings. The van der Waals surface area contributed by atoms with E-state index in [0.717, 1.165) is 11.4 Å². The first-order valence-electron chi connectivity index (χ1n) is 6.05. The van der Waals surface area contributed by atoms with E-state index < -0.39 is 0 Å². The lowest BCUT2D eigenvalue weighted by Crippen LogP contribution is -2.27. The second-order valence-electron chi connectivity index (χ2n) is 4.44. The third kappa shape index (κ3) is 3.09. The fraction of sp³-hybridized carbons (Fsp3) is 0.308. The Morgan fingerprint density at radius 1 is 1.47 bits per heavy atom. The van der Waals surface area contributed by atoms with Crippen molar-refractivity contribution in [3.05, 3.63) is 41.5 Å². The van der Waals surface area contributed by atoms with E-state index in [2.05, 4.69) is 15.5 Å². The van der Waals surface area contributed by atoms with Gasteiger partial charge in [0.2, 0.25) is 0 Å². The summed E-state index contributed by atoms with van der Waals surface area (Å²) in [5.74, 6) is 0.719. The molecule has 6 heteroatoms. The molecule has 0 radical (unpaired) electrons. The van der Waals surface area contributed by atoms with Crippen LogP contribution in [0.1, 0.15) is 21.7 Å². The van der Waals surface area contributed by atoms with E-state index in [1.54, 1.807) is 18.5 Å². The number of carbonyl (C=O) groups is 1. The largest absolute Gasteiger partial charge is 0.399 e. The molecule has 1 aromatic carbocycles. The molecule has 0 aliphatic heterocycles. The van der Waals surface area contributed by atoms with Crippen LogP contribution in [0.3, 0.4) is 0 Å². The molecule has 100 valence electrons. The number of amides is 1. The minimum atomic E-state index is -0.119. The smallest absolute Gasteiger partial charge is 0.251 e. The summed E-state index contributed by atoms with van der Waals surface area (Å²) >= 11 is 0. The van der Waals surface area contributed by atoms with E-state index in [9.17, 15) is 4.79 Å². The summed E-state index contributed by atoms with van der Waals surface area (Å²) in [5.41, 5.74) is 7.79. The number of anilines is 1. The topological polar surface area (TPSA) is 85.8 Å². The molecule has 0 atom stereocenters. The minimum absolute atomic E-state index is 0.119. The molecule has 0 saturated carbocycles. The Morgan fingerprint density at radius 3 is 2.95 bits per heavy atom. The van der Waals surface area contributed by atoms with Gasteiger partial charge < -0.3 is 15.6 Å². The quantitative estimate of drug-likeness (QED) is 0.790. The van der Waals surface area contributed by atoms with Crippen molar-refractivity contribution >= 4 is 11.6 Å². The van der Waals surface area contributed by atoms with Gasteiger partial charge in [-0.05, 0) is 24.6 Å². The van der Waals surface area contributed by atoms with Crippen LogP contribution in [-0.2, 0) is 13.5 Å². The van der Waals surface area contributed by atoms with Crippen LogP contribution < -0.4 is 11.1 Å². The molecule has 0 saturated heterocycles. The van der Waals surface area contributed by atoms with E-state index in [1.807, 2.05) is 24.6 Å². The van der Waals surface area contributed by atoms with Gasteiger partial charge in [-0.2, -0.15) is 0 Å². The van der Waals surface area contributed by atoms with Gasteiger partial charge in [0, 0.05) is 31.3 Å². The maximum Gasteiger partial charge on any atom is 0.251 e. The van der Waals surface area contributed by atoms with Gasteiger partial charge in [-0.1, -0.05) is 6.07 Å². The predicted octanol–water partition coefficient (Wildman–Crippen LogP) is 0.678. The van der Waals surface area contributed by atoms with Crippen LogP contribution >= 0.6 is 0 Å². The maximum atomic E-state index is 12.0. The van der Waals surface area contributed by atoms with Gasteiger partial charge in [0.1, 0.15) is 12.2 Å². The van der Waals surface area contributed by atoms with E-state index in [-0.39, 0.29) is 5.91 Å². The van der Waals surface area contributed by atoms with Gasteiger partial charge in [0.15, 0.2) is 0 Å². The number of aryl methyl sites for hydroxylation is 2. The minimum Gasteiger partial charge on any atom is -0.399 e. The molecule has 2 rings (SSSR count). The normalized spacial score (nSPS) is 10.4. The number of benzene rings is 1. The third-order valence-corrected chi connectivity index (χ3v) is 2.95. The lowest BCUT2D eigenvalue weighted by molar-refractivity contribution is 0.0953. The highest BCUT2D eigenvalue weighted by atomic mass is 16.1. The SMILES string of the molecule is Cc1ccc(N)cc1C(=O)NCCc1nncn1C. The summed E-state index contributed by atoms with van der Waals surface area (Å²) in [6.45, 7) is 2.40. The molecule has 0 aliphatic rings. The Labute approximate surface area is 111 Å². The van der Waals surface area contributed by atoms with Crippen LogP contribution in [0.5, 0.6) is 0 Å². The molecule has 3 N–H and O–H groups in total. The Balaban J connectivity index is 1.94. The number of carbonyl (C=O) groups excluding carboxylic acids is 1. The van der Waals surface area contributed by atoms with E-state index in [0.29, 0.717) is 24.2 Å². The van der Waals surface area contributed by atoms with Gasteiger partial charge in [-0.15, -0.1) is 10.2 Å². The van der Waals surface area contributed by atoms with Crippen LogP contribution in [0, 0.1) is 6.92 Å². The Morgan fingerprint density at radius 2 is 2.26 bits per heavy atom. The number of nitrogens with one attached hydrogen (secondary N) is 1. The van der Waals surface area contributed by atoms with E-state index >= 15 is 0 Å². The summed E-state index contributed by atoms with van der Waals surface area (Å²) in [6, 6.07) is 5.31. The highest BCUT2D eigenvalue weighted by Crippen LogP contribution is 2.12. The summed E-state index contributed by atoms with van der Waals surface area (Å²) in [5, 5.41) is 10.6. The van der Waals surface area contributed by atoms with Gasteiger partial charge in [-0.3, -0.25) is 4.79 Å². The summed E-state index contributed by atoms with van der Waals surface area (Å²) in [4.78, 5) is 12.0. The number of hydrogen-bond donors (Lipinski definition) is 2. The van der Waals surface area contributed by atoms with Crippen molar-refractivity contribution in [3.8, 4) is 0 Å². The van der Waals surface area contributed by atoms with Crippen molar-refractivity contribution in [2.45, 2.75) is 13.3 Å². The molecule has 1 aromatic heterocycles. The van der Waals surface area contributed by atoms with Crippen LogP contribution in [0.15, 0.2) is 24.5 Å². The van der Waals surface area contributed by atoms with Gasteiger partial charge in [0.25, 0.3) is 5.91 Å². The number of aromatic nitrogens is 3. The Kier molecular flexibility index (Phi) is 3.79. The van der Waals surface area contributed by atoms with Crippen LogP contribution in [0.25, 0.3) is 0 Å². The maximum absolute atomic E-state index is 12.0. The number of nitrogen functional groups attached to an aromatic ring is 1. The standard InChI is InChI=1S/C13H17N5O/c1-9-3-4-10(14)7-11(9)13(19)15-6-5-12-17-16-8-18(12)2/h3-4,7-8H,5-6,14H2,1-2H3,(H,15,19). The second-order valence-corrected chi connectivity index (χ2v) is 4.44. The fourth-order valence-corrected chi connectivity index (χ4v) is 1.80. The first kappa shape index (κ1) is 13.1. The number of nitrogens with two attached hydrogens (primary N) is 1. The predicted molar refractivity (Wildman–Crippen MR) is 72.6 cm³/mol. The lowest BCUT2D eigenvalue weighted by Gasteiger charge is -2.08. The third-order valence-electron chi connectivity index (χ3n) is 2.95. The number of hydrogen-bond acceptors (Lipinski definition) is 4. The molecule has 6 nitrogen and oxygen atoms in total. The summed E-state index contributed by atoms with van der Waals surface area (Å²) < 4.78 is 1.83. The fourth-order valence-electron chi connectivity index (χ4n) is 1.80. The number of rotatable bonds is 4. The average Bonchev–Trinajstić information content (AvgIpc) is 2.78. The van der Waals surface area contributed by atoms with Crippen molar-refractivity contribution < 1.29 is 4.79 Å². The second kappa shape index (κ2) is 5.51. The van der Waals surface area contributed by atoms with E-state index in [4.69, 9.17) is 5.73 Å². The molecule has 0 aliphatic carbocycles. The van der Waals surface area contributed by atoms with Crippen LogP contribution in [-0.4, -0.2) is 27.2 Å². The molecule has 19 heavy (non-hydrogen) atoms. The molecule has 1 heterocycles. The van der Waals surface area contributed by atoms with Crippen LogP contribution in [0.4, 0.5) is 5.69 Å². The highest BCUT2D eigenvalue weighted by molar-refractivity contribution is 5.96. The molecule has 0 unspecified atom stereocenters. The zero-order chi connectivity index (χ0) is 13.8. The van der Waals surface area contributed by atoms with Crippen molar-refractivity contribution in [2.24, 2.45) is 7.05 Å². The van der Waals surface area contributed by atoms with Crippen molar-refractivity contribution in [1.29, 1.82) is 0 Å². The van der Waals surface area contributed by atoms with Gasteiger partial charge in [-0.25, -0.2) is 0 Å². The van der Waals surface area contributed by atoms with Crippen molar-refractivity contribution in [2.75, 3.05) is 12.3 Å². The number of nitrogens with zero attached hydrogens (tertiary/aromatic N) is 3. The van der Waals surface area contributed by atoms with Gasteiger partial charge >= 0.3 is 0 Å². The highest BCUT2D eigenvalue weighted by Gasteiger charge is 2.09. The molecule has 2 aromatic rings. The monoisotopic (exact) mass is 259 g/mol. The first-order valence-corrected chi connectivity index (χ1v) is 6.05. The average molecular weight is 259 g/mol. The zero-order valence-electron chi connectivity index (χ0n) is 11.1. The lowest BCUT2D eigenvalue weighted by atomic mass is 10.1. The molecule has 0 spiro atoms. The molecule has 0 bridgehead atoms. The van der Waals surface area contributed by atoms with E-state index in [1.165, 1.54) is 0 Å². The van der Waals surface area contributed by atoms with Gasteiger partial charge in [0.05, 0.1) is 0 Å². The van der Waals surface area contributed by atoms with Crippen LogP contribution in [0.2, 0.25) is 0 Å². The van der Waals surface area contributed by atoms with Crippen molar-refractivity contribution in [1.82, 2.24) is 20.1 Å². The Bertz CT molecular complexity index is 590. The molecule has 1 amide bonds. The molecular weight excluding hydrogens is 242 g/mol.